The van der Waals surface area contributed by atoms with Crippen molar-refractivity contribution >= 4 is 23.7 Å². The number of amides is 3. The molecule has 1 aliphatic heterocycles. The summed E-state index contributed by atoms with van der Waals surface area (Å²) in [6, 6.07) is 6.73. The summed E-state index contributed by atoms with van der Waals surface area (Å²) in [6.07, 6.45) is 0.394. The van der Waals surface area contributed by atoms with Crippen LogP contribution in [-0.4, -0.2) is 73.2 Å². The molecule has 152 valence electrons. The minimum atomic E-state index is -0.999. The summed E-state index contributed by atoms with van der Waals surface area (Å²) in [7, 11) is 0. The Morgan fingerprint density at radius 1 is 0.929 bits per heavy atom. The first-order valence-electron chi connectivity index (χ1n) is 9.10. The largest absolute Gasteiger partial charge is 0.481 e. The summed E-state index contributed by atoms with van der Waals surface area (Å²) in [5.41, 5.74) is 0.844. The van der Waals surface area contributed by atoms with E-state index in [1.54, 1.807) is 24.3 Å². The van der Waals surface area contributed by atoms with Crippen LogP contribution in [0.2, 0.25) is 0 Å². The minimum Gasteiger partial charge on any atom is -0.481 e. The van der Waals surface area contributed by atoms with Crippen molar-refractivity contribution in [3.8, 4) is 0 Å². The number of fused-ring (bicyclic) bond motifs is 1. The highest BCUT2D eigenvalue weighted by atomic mass is 16.5. The van der Waals surface area contributed by atoms with E-state index >= 15 is 0 Å². The van der Waals surface area contributed by atoms with Crippen molar-refractivity contribution < 1.29 is 33.8 Å². The van der Waals surface area contributed by atoms with Gasteiger partial charge in [0, 0.05) is 19.6 Å². The van der Waals surface area contributed by atoms with Gasteiger partial charge in [-0.15, -0.1) is 0 Å². The van der Waals surface area contributed by atoms with E-state index < -0.39 is 5.97 Å². The van der Waals surface area contributed by atoms with Gasteiger partial charge >= 0.3 is 5.97 Å². The van der Waals surface area contributed by atoms with Crippen molar-refractivity contribution in [2.75, 3.05) is 39.5 Å². The van der Waals surface area contributed by atoms with E-state index in [-0.39, 0.29) is 43.7 Å². The van der Waals surface area contributed by atoms with Gasteiger partial charge in [-0.2, -0.15) is 0 Å². The first-order valence-corrected chi connectivity index (χ1v) is 9.10. The second-order valence-electron chi connectivity index (χ2n) is 6.13. The molecule has 0 bridgehead atoms. The van der Waals surface area contributed by atoms with E-state index in [1.165, 1.54) is 4.90 Å². The molecule has 0 fully saturated rings. The standard InChI is InChI=1S/C19H24N2O7/c22-16(6-7-17(23)24)20-8-3-10-27-12-13-28-11-9-21-18(25)14-4-1-2-5-15(14)19(21)26/h1-2,4-5H,3,6-13H2,(H,20,22)(H,23,24). The quantitative estimate of drug-likeness (QED) is 0.374. The van der Waals surface area contributed by atoms with Crippen LogP contribution in [0.15, 0.2) is 24.3 Å². The molecule has 3 amide bonds. The Hall–Kier alpha value is -2.78. The first kappa shape index (κ1) is 21.5. The number of carboxylic acids is 1. The van der Waals surface area contributed by atoms with E-state index in [9.17, 15) is 19.2 Å². The average molecular weight is 392 g/mol. The van der Waals surface area contributed by atoms with Crippen molar-refractivity contribution in [1.29, 1.82) is 0 Å². The summed E-state index contributed by atoms with van der Waals surface area (Å²) < 4.78 is 10.8. The Kier molecular flexibility index (Phi) is 8.57. The summed E-state index contributed by atoms with van der Waals surface area (Å²) in [5, 5.41) is 11.1. The lowest BCUT2D eigenvalue weighted by molar-refractivity contribution is -0.138. The van der Waals surface area contributed by atoms with Crippen molar-refractivity contribution in [1.82, 2.24) is 10.2 Å². The van der Waals surface area contributed by atoms with Crippen molar-refractivity contribution in [3.05, 3.63) is 35.4 Å². The number of hydrogen-bond acceptors (Lipinski definition) is 6. The molecule has 1 aromatic carbocycles. The van der Waals surface area contributed by atoms with Gasteiger partial charge in [0.2, 0.25) is 5.91 Å². The third-order valence-corrected chi connectivity index (χ3v) is 4.06. The fraction of sp³-hybridized carbons (Fsp3) is 0.474. The van der Waals surface area contributed by atoms with Crippen LogP contribution in [0.25, 0.3) is 0 Å². The fourth-order valence-electron chi connectivity index (χ4n) is 2.63. The van der Waals surface area contributed by atoms with Crippen LogP contribution in [0.4, 0.5) is 0 Å². The van der Waals surface area contributed by atoms with Crippen LogP contribution in [0.3, 0.4) is 0 Å². The van der Waals surface area contributed by atoms with Crippen LogP contribution in [0.1, 0.15) is 40.0 Å². The number of imide groups is 1. The molecule has 9 nitrogen and oxygen atoms in total. The fourth-order valence-corrected chi connectivity index (χ4v) is 2.63. The Bertz CT molecular complexity index is 685. The molecule has 0 unspecified atom stereocenters. The Morgan fingerprint density at radius 3 is 2.14 bits per heavy atom. The molecule has 0 aromatic heterocycles. The predicted molar refractivity (Wildman–Crippen MR) is 97.9 cm³/mol. The molecule has 1 aliphatic rings. The molecule has 0 radical (unpaired) electrons. The number of ether oxygens (including phenoxy) is 2. The summed E-state index contributed by atoms with van der Waals surface area (Å²) >= 11 is 0. The number of nitrogens with one attached hydrogen (secondary N) is 1. The summed E-state index contributed by atoms with van der Waals surface area (Å²) in [5.74, 6) is -1.89. The first-order chi connectivity index (χ1) is 13.5. The number of hydrogen-bond donors (Lipinski definition) is 2. The van der Waals surface area contributed by atoms with Gasteiger partial charge in [0.25, 0.3) is 11.8 Å². The Balaban J connectivity index is 1.46. The maximum atomic E-state index is 12.2. The normalized spacial score (nSPS) is 12.9. The van der Waals surface area contributed by atoms with Gasteiger partial charge in [-0.25, -0.2) is 0 Å². The molecule has 0 atom stereocenters. The van der Waals surface area contributed by atoms with Crippen LogP contribution in [0, 0.1) is 0 Å². The number of carbonyl (C=O) groups is 4. The van der Waals surface area contributed by atoms with Gasteiger partial charge in [0.1, 0.15) is 0 Å². The van der Waals surface area contributed by atoms with Crippen molar-refractivity contribution in [2.45, 2.75) is 19.3 Å². The third kappa shape index (κ3) is 6.43. The lowest BCUT2D eigenvalue weighted by Gasteiger charge is -2.13. The van der Waals surface area contributed by atoms with E-state index in [2.05, 4.69) is 5.32 Å². The van der Waals surface area contributed by atoms with Crippen molar-refractivity contribution in [2.24, 2.45) is 0 Å². The van der Waals surface area contributed by atoms with Gasteiger partial charge in [-0.3, -0.25) is 24.1 Å². The maximum absolute atomic E-state index is 12.2. The highest BCUT2D eigenvalue weighted by molar-refractivity contribution is 6.21. The van der Waals surface area contributed by atoms with Gasteiger partial charge in [-0.1, -0.05) is 12.1 Å². The molecule has 2 N–H and O–H groups in total. The number of carboxylic acid groups (broad SMARTS) is 1. The second kappa shape index (κ2) is 11.2. The predicted octanol–water partition coefficient (Wildman–Crippen LogP) is 0.687. The molecule has 1 aromatic rings. The molecule has 0 saturated carbocycles. The lowest BCUT2D eigenvalue weighted by atomic mass is 10.1. The molecule has 0 saturated heterocycles. The monoisotopic (exact) mass is 392 g/mol. The van der Waals surface area contributed by atoms with Crippen LogP contribution in [-0.2, 0) is 19.1 Å². The van der Waals surface area contributed by atoms with E-state index in [1.807, 2.05) is 0 Å². The number of aliphatic carboxylic acids is 1. The maximum Gasteiger partial charge on any atom is 0.303 e. The zero-order chi connectivity index (χ0) is 20.4. The van der Waals surface area contributed by atoms with Gasteiger partial charge in [-0.05, 0) is 18.6 Å². The molecule has 28 heavy (non-hydrogen) atoms. The molecule has 1 heterocycles. The summed E-state index contributed by atoms with van der Waals surface area (Å²) in [6.45, 7) is 1.95. The number of carbonyl (C=O) groups excluding carboxylic acids is 3. The zero-order valence-corrected chi connectivity index (χ0v) is 15.5. The highest BCUT2D eigenvalue weighted by Gasteiger charge is 2.34. The topological polar surface area (TPSA) is 122 Å². The molecule has 2 rings (SSSR count). The lowest BCUT2D eigenvalue weighted by Crippen LogP contribution is -2.33. The van der Waals surface area contributed by atoms with Gasteiger partial charge < -0.3 is 19.9 Å². The SMILES string of the molecule is O=C(O)CCC(=O)NCCCOCCOCCN1C(=O)c2ccccc2C1=O. The van der Waals surface area contributed by atoms with Gasteiger partial charge in [0.15, 0.2) is 0 Å². The molecular formula is C19H24N2O7. The van der Waals surface area contributed by atoms with Crippen LogP contribution in [0.5, 0.6) is 0 Å². The summed E-state index contributed by atoms with van der Waals surface area (Å²) in [4.78, 5) is 47.1. The van der Waals surface area contributed by atoms with Crippen LogP contribution >= 0.6 is 0 Å². The number of rotatable bonds is 13. The second-order valence-corrected chi connectivity index (χ2v) is 6.13. The molecule has 9 heteroatoms. The Morgan fingerprint density at radius 2 is 1.54 bits per heavy atom. The molecule has 0 aliphatic carbocycles. The Labute approximate surface area is 162 Å². The van der Waals surface area contributed by atoms with Crippen LogP contribution < -0.4 is 5.32 Å². The molecular weight excluding hydrogens is 368 g/mol. The average Bonchev–Trinajstić information content (AvgIpc) is 2.92. The third-order valence-electron chi connectivity index (χ3n) is 4.06. The highest BCUT2D eigenvalue weighted by Crippen LogP contribution is 2.21. The van der Waals surface area contributed by atoms with E-state index in [4.69, 9.17) is 14.6 Å². The van der Waals surface area contributed by atoms with Gasteiger partial charge in [0.05, 0.1) is 43.9 Å². The van der Waals surface area contributed by atoms with E-state index in [0.717, 1.165) is 0 Å². The zero-order valence-electron chi connectivity index (χ0n) is 15.5. The van der Waals surface area contributed by atoms with Crippen molar-refractivity contribution in [3.63, 3.8) is 0 Å². The molecule has 0 spiro atoms. The number of nitrogens with zero attached hydrogens (tertiary/aromatic N) is 1. The van der Waals surface area contributed by atoms with E-state index in [0.29, 0.717) is 43.9 Å². The minimum absolute atomic E-state index is 0.0306. The number of benzene rings is 1. The smallest absolute Gasteiger partial charge is 0.303 e.